The van der Waals surface area contributed by atoms with E-state index in [0.717, 1.165) is 44.0 Å². The number of carbonyl (C=O) groups is 1. The Labute approximate surface area is 180 Å². The van der Waals surface area contributed by atoms with E-state index < -0.39 is 0 Å². The quantitative estimate of drug-likeness (QED) is 0.486. The highest BCUT2D eigenvalue weighted by Crippen LogP contribution is 2.18. The highest BCUT2D eigenvalue weighted by Gasteiger charge is 2.13. The van der Waals surface area contributed by atoms with Gasteiger partial charge in [-0.25, -0.2) is 9.97 Å². The van der Waals surface area contributed by atoms with Crippen molar-refractivity contribution in [2.45, 2.75) is 47.1 Å². The first-order chi connectivity index (χ1) is 14.4. The summed E-state index contributed by atoms with van der Waals surface area (Å²) in [5.74, 6) is 0.746. The molecule has 3 N–H and O–H groups in total. The van der Waals surface area contributed by atoms with Gasteiger partial charge in [0.25, 0.3) is 5.91 Å². The van der Waals surface area contributed by atoms with Gasteiger partial charge in [0.05, 0.1) is 0 Å². The summed E-state index contributed by atoms with van der Waals surface area (Å²) in [6, 6.07) is 9.72. The molecule has 1 amide bonds. The number of likely N-dealkylation sites (N-methyl/N-ethyl adjacent to an activating group) is 1. The van der Waals surface area contributed by atoms with E-state index >= 15 is 0 Å². The molecule has 30 heavy (non-hydrogen) atoms. The monoisotopic (exact) mass is 412 g/mol. The number of amides is 1. The molecule has 0 bridgehead atoms. The summed E-state index contributed by atoms with van der Waals surface area (Å²) < 4.78 is 0. The second-order valence-corrected chi connectivity index (χ2v) is 7.93. The third kappa shape index (κ3) is 7.99. The molecule has 0 aliphatic carbocycles. The lowest BCUT2D eigenvalue weighted by molar-refractivity contribution is 0.0931. The number of rotatable bonds is 12. The van der Waals surface area contributed by atoms with Crippen LogP contribution in [0.1, 0.15) is 51.5 Å². The highest BCUT2D eigenvalue weighted by atomic mass is 16.1. The lowest BCUT2D eigenvalue weighted by Gasteiger charge is -2.18. The summed E-state index contributed by atoms with van der Waals surface area (Å²) in [7, 11) is 0. The Hall–Kier alpha value is -2.67. The van der Waals surface area contributed by atoms with Crippen molar-refractivity contribution in [3.05, 3.63) is 42.2 Å². The summed E-state index contributed by atoms with van der Waals surface area (Å²) in [6.45, 7) is 14.6. The maximum Gasteiger partial charge on any atom is 0.270 e. The van der Waals surface area contributed by atoms with Crippen molar-refractivity contribution >= 4 is 23.2 Å². The fourth-order valence-corrected chi connectivity index (χ4v) is 3.34. The van der Waals surface area contributed by atoms with Gasteiger partial charge < -0.3 is 20.9 Å². The van der Waals surface area contributed by atoms with Crippen molar-refractivity contribution in [1.82, 2.24) is 20.2 Å². The van der Waals surface area contributed by atoms with Crippen LogP contribution >= 0.6 is 0 Å². The van der Waals surface area contributed by atoms with Crippen LogP contribution in [-0.2, 0) is 0 Å². The van der Waals surface area contributed by atoms with Crippen LogP contribution in [0.25, 0.3) is 0 Å². The molecule has 2 aromatic rings. The second kappa shape index (κ2) is 12.1. The predicted molar refractivity (Wildman–Crippen MR) is 124 cm³/mol. The zero-order valence-electron chi connectivity index (χ0n) is 18.9. The van der Waals surface area contributed by atoms with Crippen molar-refractivity contribution < 1.29 is 4.79 Å². The average Bonchev–Trinajstić information content (AvgIpc) is 2.71. The van der Waals surface area contributed by atoms with Gasteiger partial charge in [0.2, 0.25) is 5.95 Å². The molecule has 0 aliphatic heterocycles. The molecule has 0 radical (unpaired) electrons. The molecule has 7 nitrogen and oxygen atoms in total. The van der Waals surface area contributed by atoms with Crippen LogP contribution < -0.4 is 16.0 Å². The Bertz CT molecular complexity index is 791. The summed E-state index contributed by atoms with van der Waals surface area (Å²) >= 11 is 0. The molecule has 1 aromatic carbocycles. The van der Waals surface area contributed by atoms with Crippen LogP contribution in [0.4, 0.5) is 17.3 Å². The first-order valence-electron chi connectivity index (χ1n) is 10.9. The minimum Gasteiger partial charge on any atom is -0.384 e. The van der Waals surface area contributed by atoms with Gasteiger partial charge in [-0.05, 0) is 56.6 Å². The summed E-state index contributed by atoms with van der Waals surface area (Å²) in [4.78, 5) is 23.5. The highest BCUT2D eigenvalue weighted by molar-refractivity contribution is 5.92. The van der Waals surface area contributed by atoms with Gasteiger partial charge in [0.15, 0.2) is 0 Å². The maximum atomic E-state index is 12.5. The number of aromatic nitrogens is 2. The smallest absolute Gasteiger partial charge is 0.270 e. The van der Waals surface area contributed by atoms with Crippen molar-refractivity contribution in [3.63, 3.8) is 0 Å². The van der Waals surface area contributed by atoms with E-state index in [0.29, 0.717) is 17.6 Å². The fraction of sp³-hybridized carbons (Fsp3) is 0.522. The Morgan fingerprint density at radius 2 is 1.83 bits per heavy atom. The van der Waals surface area contributed by atoms with Gasteiger partial charge in [-0.15, -0.1) is 0 Å². The van der Waals surface area contributed by atoms with E-state index in [1.807, 2.05) is 31.2 Å². The largest absolute Gasteiger partial charge is 0.384 e. The first-order valence-corrected chi connectivity index (χ1v) is 10.9. The van der Waals surface area contributed by atoms with Crippen LogP contribution in [-0.4, -0.2) is 53.0 Å². The summed E-state index contributed by atoms with van der Waals surface area (Å²) in [5.41, 5.74) is 2.26. The fourth-order valence-electron chi connectivity index (χ4n) is 3.34. The van der Waals surface area contributed by atoms with Gasteiger partial charge in [0.1, 0.15) is 5.69 Å². The minimum absolute atomic E-state index is 0.1000. The lowest BCUT2D eigenvalue weighted by atomic mass is 10.1. The van der Waals surface area contributed by atoms with E-state index in [9.17, 15) is 4.79 Å². The summed E-state index contributed by atoms with van der Waals surface area (Å²) in [5, 5.41) is 9.64. The van der Waals surface area contributed by atoms with Crippen LogP contribution in [0, 0.1) is 5.92 Å². The molecule has 164 valence electrons. The van der Waals surface area contributed by atoms with Crippen molar-refractivity contribution in [1.29, 1.82) is 0 Å². The van der Waals surface area contributed by atoms with Crippen molar-refractivity contribution in [2.75, 3.05) is 36.8 Å². The van der Waals surface area contributed by atoms with E-state index in [1.54, 1.807) is 12.3 Å². The number of anilines is 3. The molecule has 1 unspecified atom stereocenters. The molecule has 2 rings (SSSR count). The standard InChI is InChI=1S/C23H36N6O/c1-6-29(7-2)14-13-24-19-9-8-10-20(16-19)27-23-25-12-11-21(28-23)22(30)26-18(5)15-17(3)4/h8-12,16-18,24H,6-7,13-15H2,1-5H3,(H,26,30)(H,25,27,28). The third-order valence-electron chi connectivity index (χ3n) is 4.86. The number of nitrogens with one attached hydrogen (secondary N) is 3. The van der Waals surface area contributed by atoms with Crippen LogP contribution in [0.3, 0.4) is 0 Å². The number of nitrogens with zero attached hydrogens (tertiary/aromatic N) is 3. The molecule has 1 heterocycles. The molecular weight excluding hydrogens is 376 g/mol. The SMILES string of the molecule is CCN(CC)CCNc1cccc(Nc2nccc(C(=O)NC(C)CC(C)C)n2)c1. The van der Waals surface area contributed by atoms with Gasteiger partial charge >= 0.3 is 0 Å². The molecule has 1 atom stereocenters. The second-order valence-electron chi connectivity index (χ2n) is 7.93. The van der Waals surface area contributed by atoms with Crippen LogP contribution in [0.5, 0.6) is 0 Å². The van der Waals surface area contributed by atoms with Crippen molar-refractivity contribution in [3.8, 4) is 0 Å². The Kier molecular flexibility index (Phi) is 9.54. The van der Waals surface area contributed by atoms with Crippen LogP contribution in [0.2, 0.25) is 0 Å². The molecule has 0 fully saturated rings. The molecule has 0 saturated carbocycles. The Morgan fingerprint density at radius 1 is 1.10 bits per heavy atom. The first kappa shape index (κ1) is 23.6. The summed E-state index contributed by atoms with van der Waals surface area (Å²) in [6.07, 6.45) is 2.53. The van der Waals surface area contributed by atoms with Crippen LogP contribution in [0.15, 0.2) is 36.5 Å². The number of carbonyl (C=O) groups excluding carboxylic acids is 1. The van der Waals surface area contributed by atoms with Gasteiger partial charge in [-0.2, -0.15) is 0 Å². The van der Waals surface area contributed by atoms with E-state index in [2.05, 4.69) is 58.5 Å². The minimum atomic E-state index is -0.180. The average molecular weight is 413 g/mol. The van der Waals surface area contributed by atoms with E-state index in [1.165, 1.54) is 0 Å². The van der Waals surface area contributed by atoms with E-state index in [4.69, 9.17) is 0 Å². The third-order valence-corrected chi connectivity index (χ3v) is 4.86. The lowest BCUT2D eigenvalue weighted by Crippen LogP contribution is -2.34. The van der Waals surface area contributed by atoms with E-state index in [-0.39, 0.29) is 11.9 Å². The topological polar surface area (TPSA) is 82.2 Å². The zero-order valence-corrected chi connectivity index (χ0v) is 18.9. The molecule has 1 aromatic heterocycles. The molecular formula is C23H36N6O. The Balaban J connectivity index is 1.96. The van der Waals surface area contributed by atoms with Gasteiger partial charge in [0, 0.05) is 36.7 Å². The van der Waals surface area contributed by atoms with Gasteiger partial charge in [-0.1, -0.05) is 33.8 Å². The molecule has 7 heteroatoms. The number of hydrogen-bond acceptors (Lipinski definition) is 6. The maximum absolute atomic E-state index is 12.5. The molecule has 0 saturated heterocycles. The zero-order chi connectivity index (χ0) is 21.9. The Morgan fingerprint density at radius 3 is 2.53 bits per heavy atom. The predicted octanol–water partition coefficient (Wildman–Crippen LogP) is 4.14. The number of hydrogen-bond donors (Lipinski definition) is 3. The van der Waals surface area contributed by atoms with Gasteiger partial charge in [-0.3, -0.25) is 4.79 Å². The molecule has 0 spiro atoms. The van der Waals surface area contributed by atoms with Crippen molar-refractivity contribution in [2.24, 2.45) is 5.92 Å². The number of benzene rings is 1. The normalized spacial score (nSPS) is 12.1. The molecule has 0 aliphatic rings.